The molecule has 0 spiro atoms. The standard InChI is InChI=1S/C23H25FN4O7S.2C2HF3O2/c24-15-10-13(21(25)26)3-5-17(15)35-23(34)18-6-4-14(36-18)11-27-8-1-2-16(27)22(33)28(12-20(31)32)9-7-19(29)30;2*3-2(4,5)1(6)7/h3-6,10,16H,1-2,7-9,11-12H2,(H3,25,26)(H,29,30)(H,31,32);2*(H,6,7)/t16-;;/m1../s1. The van der Waals surface area contributed by atoms with Crippen molar-refractivity contribution in [2.24, 2.45) is 5.73 Å². The summed E-state index contributed by atoms with van der Waals surface area (Å²) >= 11 is 1.12. The number of carbonyl (C=O) groups excluding carboxylic acids is 2. The maximum absolute atomic E-state index is 14.2. The number of halogens is 7. The first-order valence-corrected chi connectivity index (χ1v) is 14.3. The second-order valence-electron chi connectivity index (χ2n) is 9.75. The van der Waals surface area contributed by atoms with E-state index in [-0.39, 0.29) is 35.0 Å². The Morgan fingerprint density at radius 1 is 0.940 bits per heavy atom. The molecule has 1 aliphatic rings. The molecule has 50 heavy (non-hydrogen) atoms. The lowest BCUT2D eigenvalue weighted by Crippen LogP contribution is -2.47. The second kappa shape index (κ2) is 18.4. The molecular weight excluding hydrogens is 721 g/mol. The highest BCUT2D eigenvalue weighted by atomic mass is 32.1. The van der Waals surface area contributed by atoms with E-state index in [0.29, 0.717) is 25.9 Å². The van der Waals surface area contributed by atoms with Crippen molar-refractivity contribution in [1.82, 2.24) is 9.80 Å². The van der Waals surface area contributed by atoms with Gasteiger partial charge in [0, 0.05) is 23.5 Å². The number of aliphatic carboxylic acids is 4. The minimum atomic E-state index is -5.08. The molecule has 2 heterocycles. The number of ether oxygens (including phenoxy) is 1. The molecule has 2 aromatic rings. The zero-order valence-corrected chi connectivity index (χ0v) is 25.9. The number of amides is 1. The lowest BCUT2D eigenvalue weighted by molar-refractivity contribution is -0.193. The molecule has 0 unspecified atom stereocenters. The van der Waals surface area contributed by atoms with Crippen LogP contribution in [0.2, 0.25) is 0 Å². The number of nitrogen functional groups attached to an aromatic ring is 1. The zero-order chi connectivity index (χ0) is 38.6. The average Bonchev–Trinajstić information content (AvgIpc) is 3.65. The van der Waals surface area contributed by atoms with Gasteiger partial charge in [0.2, 0.25) is 5.91 Å². The summed E-state index contributed by atoms with van der Waals surface area (Å²) in [6.45, 7) is 0.0939. The number of thiophene rings is 1. The molecule has 0 saturated carbocycles. The third-order valence-electron chi connectivity index (χ3n) is 6.03. The molecule has 1 aliphatic heterocycles. The van der Waals surface area contributed by atoms with Gasteiger partial charge >= 0.3 is 42.2 Å². The van der Waals surface area contributed by atoms with Gasteiger partial charge in [-0.2, -0.15) is 26.3 Å². The maximum Gasteiger partial charge on any atom is 0.490 e. The third kappa shape index (κ3) is 14.4. The number of hydrogen-bond acceptors (Lipinski definition) is 10. The summed E-state index contributed by atoms with van der Waals surface area (Å²) in [6.07, 6.45) is -9.33. The van der Waals surface area contributed by atoms with E-state index in [2.05, 4.69) is 0 Å². The van der Waals surface area contributed by atoms with Crippen LogP contribution in [0.4, 0.5) is 30.7 Å². The Hall–Kier alpha value is -5.32. The number of nitrogens with two attached hydrogens (primary N) is 1. The number of esters is 1. The third-order valence-corrected chi connectivity index (χ3v) is 7.08. The number of carboxylic acids is 4. The van der Waals surface area contributed by atoms with Gasteiger partial charge < -0.3 is 35.8 Å². The molecule has 1 amide bonds. The Morgan fingerprint density at radius 2 is 1.50 bits per heavy atom. The molecule has 0 radical (unpaired) electrons. The van der Waals surface area contributed by atoms with E-state index in [1.54, 1.807) is 6.07 Å². The van der Waals surface area contributed by atoms with Crippen LogP contribution < -0.4 is 10.5 Å². The zero-order valence-electron chi connectivity index (χ0n) is 25.1. The summed E-state index contributed by atoms with van der Waals surface area (Å²) in [7, 11) is 0. The molecule has 0 bridgehead atoms. The van der Waals surface area contributed by atoms with Gasteiger partial charge in [-0.15, -0.1) is 11.3 Å². The lowest BCUT2D eigenvalue weighted by atomic mass is 10.1. The number of carboxylic acid groups (broad SMARTS) is 4. The summed E-state index contributed by atoms with van der Waals surface area (Å²) in [4.78, 5) is 69.2. The molecule has 1 atom stereocenters. The summed E-state index contributed by atoms with van der Waals surface area (Å²) in [5.74, 6) is -10.5. The van der Waals surface area contributed by atoms with Crippen molar-refractivity contribution >= 4 is 52.9 Å². The molecule has 15 nitrogen and oxygen atoms in total. The van der Waals surface area contributed by atoms with Crippen molar-refractivity contribution in [1.29, 1.82) is 5.41 Å². The van der Waals surface area contributed by atoms with Gasteiger partial charge in [0.15, 0.2) is 11.6 Å². The van der Waals surface area contributed by atoms with E-state index >= 15 is 0 Å². The van der Waals surface area contributed by atoms with Gasteiger partial charge in [-0.05, 0) is 49.7 Å². The molecule has 1 fully saturated rings. The molecule has 276 valence electrons. The monoisotopic (exact) mass is 748 g/mol. The first-order valence-electron chi connectivity index (χ1n) is 13.5. The quantitative estimate of drug-likeness (QED) is 0.0637. The van der Waals surface area contributed by atoms with Crippen LogP contribution in [0, 0.1) is 11.2 Å². The number of carbonyl (C=O) groups is 6. The number of nitrogens with one attached hydrogen (secondary N) is 1. The highest BCUT2D eigenvalue weighted by Crippen LogP contribution is 2.27. The van der Waals surface area contributed by atoms with Gasteiger partial charge in [0.1, 0.15) is 17.3 Å². The highest BCUT2D eigenvalue weighted by molar-refractivity contribution is 7.13. The van der Waals surface area contributed by atoms with Crippen LogP contribution in [0.5, 0.6) is 5.75 Å². The van der Waals surface area contributed by atoms with Crippen molar-refractivity contribution in [3.8, 4) is 5.75 Å². The van der Waals surface area contributed by atoms with Gasteiger partial charge in [-0.1, -0.05) is 0 Å². The Balaban J connectivity index is 0.000000748. The Bertz CT molecular complexity index is 1560. The van der Waals surface area contributed by atoms with Crippen LogP contribution in [0.25, 0.3) is 0 Å². The van der Waals surface area contributed by atoms with Gasteiger partial charge in [-0.3, -0.25) is 24.7 Å². The normalized spacial score (nSPS) is 14.3. The molecule has 1 aromatic heterocycles. The fourth-order valence-corrected chi connectivity index (χ4v) is 4.75. The van der Waals surface area contributed by atoms with Crippen molar-refractivity contribution in [3.05, 3.63) is 51.5 Å². The molecule has 1 aromatic carbocycles. The first kappa shape index (κ1) is 42.7. The number of hydrogen-bond donors (Lipinski definition) is 6. The van der Waals surface area contributed by atoms with Gasteiger partial charge in [0.25, 0.3) is 0 Å². The van der Waals surface area contributed by atoms with E-state index < -0.39 is 66.5 Å². The number of nitrogens with zero attached hydrogens (tertiary/aromatic N) is 2. The number of amidine groups is 1. The molecule has 0 aliphatic carbocycles. The van der Waals surface area contributed by atoms with Crippen LogP contribution in [0.1, 0.15) is 39.4 Å². The highest BCUT2D eigenvalue weighted by Gasteiger charge is 2.39. The van der Waals surface area contributed by atoms with Crippen LogP contribution in [0.3, 0.4) is 0 Å². The first-order chi connectivity index (χ1) is 22.9. The Labute approximate surface area is 279 Å². The summed E-state index contributed by atoms with van der Waals surface area (Å²) in [6, 6.07) is 6.19. The molecular formula is C27H27F7N4O11S. The van der Waals surface area contributed by atoms with Gasteiger partial charge in [0.05, 0.1) is 12.5 Å². The van der Waals surface area contributed by atoms with Crippen molar-refractivity contribution < 1.29 is 84.7 Å². The number of likely N-dealkylation sites (tertiary alicyclic amines) is 1. The lowest BCUT2D eigenvalue weighted by Gasteiger charge is -2.29. The van der Waals surface area contributed by atoms with Crippen molar-refractivity contribution in [2.75, 3.05) is 19.6 Å². The Morgan fingerprint density at radius 3 is 1.96 bits per heavy atom. The number of rotatable bonds is 11. The minimum Gasteiger partial charge on any atom is -0.481 e. The average molecular weight is 749 g/mol. The fourth-order valence-electron chi connectivity index (χ4n) is 3.84. The van der Waals surface area contributed by atoms with Gasteiger partial charge in [-0.25, -0.2) is 18.8 Å². The molecule has 23 heteroatoms. The summed E-state index contributed by atoms with van der Waals surface area (Å²) < 4.78 is 82.8. The predicted molar refractivity (Wildman–Crippen MR) is 154 cm³/mol. The Kier molecular flexibility index (Phi) is 15.8. The van der Waals surface area contributed by atoms with E-state index in [9.17, 15) is 49.9 Å². The number of benzene rings is 1. The largest absolute Gasteiger partial charge is 0.490 e. The predicted octanol–water partition coefficient (Wildman–Crippen LogP) is 3.01. The smallest absolute Gasteiger partial charge is 0.481 e. The van der Waals surface area contributed by atoms with Crippen molar-refractivity contribution in [2.45, 2.75) is 44.2 Å². The topological polar surface area (TPSA) is 249 Å². The molecule has 1 saturated heterocycles. The summed E-state index contributed by atoms with van der Waals surface area (Å²) in [5, 5.41) is 39.6. The SMILES string of the molecule is N=C(N)c1ccc(OC(=O)c2ccc(CN3CCC[C@@H]3C(=O)N(CCC(=O)O)CC(=O)O)s2)c(F)c1.O=C(O)C(F)(F)F.O=C(O)C(F)(F)F. The van der Waals surface area contributed by atoms with Crippen molar-refractivity contribution in [3.63, 3.8) is 0 Å². The van der Waals surface area contributed by atoms with E-state index in [1.807, 2.05) is 4.90 Å². The summed E-state index contributed by atoms with van der Waals surface area (Å²) in [5.41, 5.74) is 5.48. The number of alkyl halides is 6. The van der Waals surface area contributed by atoms with Crippen LogP contribution >= 0.6 is 11.3 Å². The van der Waals surface area contributed by atoms with Crippen LogP contribution in [-0.4, -0.2) is 110 Å². The minimum absolute atomic E-state index is 0.158. The fraction of sp³-hybridized carbons (Fsp3) is 0.370. The van der Waals surface area contributed by atoms with E-state index in [4.69, 9.17) is 45.9 Å². The van der Waals surface area contributed by atoms with Crippen LogP contribution in [-0.2, 0) is 30.5 Å². The molecule has 7 N–H and O–H groups in total. The van der Waals surface area contributed by atoms with Crippen LogP contribution in [0.15, 0.2) is 30.3 Å². The maximum atomic E-state index is 14.2. The van der Waals surface area contributed by atoms with E-state index in [0.717, 1.165) is 27.2 Å². The second-order valence-corrected chi connectivity index (χ2v) is 10.9. The molecule has 3 rings (SSSR count). The van der Waals surface area contributed by atoms with E-state index in [1.165, 1.54) is 18.2 Å².